The summed E-state index contributed by atoms with van der Waals surface area (Å²) in [5, 5.41) is 10.2. The summed E-state index contributed by atoms with van der Waals surface area (Å²) in [6, 6.07) is 8.13. The first-order valence-electron chi connectivity index (χ1n) is 9.24. The van der Waals surface area contributed by atoms with Gasteiger partial charge >= 0.3 is 5.69 Å². The highest BCUT2D eigenvalue weighted by molar-refractivity contribution is 5.76. The van der Waals surface area contributed by atoms with Crippen LogP contribution in [0.15, 0.2) is 41.3 Å². The van der Waals surface area contributed by atoms with Crippen molar-refractivity contribution in [3.8, 4) is 28.4 Å². The van der Waals surface area contributed by atoms with Crippen LogP contribution in [0, 0.1) is 5.82 Å². The van der Waals surface area contributed by atoms with Gasteiger partial charge in [-0.15, -0.1) is 0 Å². The van der Waals surface area contributed by atoms with E-state index in [4.69, 9.17) is 4.74 Å². The molecular formula is C21H22FN3O3. The van der Waals surface area contributed by atoms with Crippen molar-refractivity contribution >= 4 is 0 Å². The Morgan fingerprint density at radius 2 is 2.04 bits per heavy atom. The number of aromatic nitrogens is 2. The van der Waals surface area contributed by atoms with Crippen LogP contribution in [0.2, 0.25) is 0 Å². The maximum atomic E-state index is 14.0. The number of H-pyrrole nitrogens is 1. The number of nitrogens with zero attached hydrogens (tertiary/aromatic N) is 2. The van der Waals surface area contributed by atoms with Crippen LogP contribution in [-0.4, -0.2) is 39.8 Å². The summed E-state index contributed by atoms with van der Waals surface area (Å²) < 4.78 is 20.7. The van der Waals surface area contributed by atoms with Gasteiger partial charge in [0.25, 0.3) is 0 Å². The third-order valence-electron chi connectivity index (χ3n) is 5.36. The Morgan fingerprint density at radius 1 is 1.21 bits per heavy atom. The number of aromatic amines is 1. The molecule has 6 nitrogen and oxygen atoms in total. The van der Waals surface area contributed by atoms with Crippen LogP contribution < -0.4 is 10.4 Å². The summed E-state index contributed by atoms with van der Waals surface area (Å²) in [5.41, 5.74) is 3.79. The minimum Gasteiger partial charge on any atom is -0.496 e. The maximum absolute atomic E-state index is 14.0. The molecular weight excluding hydrogens is 361 g/mol. The molecule has 1 aliphatic rings. The molecule has 2 N–H and O–H groups in total. The van der Waals surface area contributed by atoms with Gasteiger partial charge in [0.2, 0.25) is 5.88 Å². The fourth-order valence-electron chi connectivity index (χ4n) is 3.93. The molecule has 0 unspecified atom stereocenters. The van der Waals surface area contributed by atoms with Crippen LogP contribution in [0.5, 0.6) is 11.6 Å². The summed E-state index contributed by atoms with van der Waals surface area (Å²) in [5.74, 6) is 0.118. The second-order valence-electron chi connectivity index (χ2n) is 6.84. The molecule has 2 heterocycles. The van der Waals surface area contributed by atoms with Crippen LogP contribution >= 0.6 is 0 Å². The number of benzene rings is 2. The maximum Gasteiger partial charge on any atom is 0.333 e. The summed E-state index contributed by atoms with van der Waals surface area (Å²) in [6.07, 6.45) is 2.03. The second kappa shape index (κ2) is 7.16. The molecule has 0 saturated heterocycles. The Bertz CT molecular complexity index is 1090. The molecule has 1 aromatic heterocycles. The molecule has 4 rings (SSSR count). The third-order valence-corrected chi connectivity index (χ3v) is 5.36. The number of likely N-dealkylation sites (N-methyl/N-ethyl adjacent to an activating group) is 1. The zero-order chi connectivity index (χ0) is 19.8. The molecule has 0 radical (unpaired) electrons. The van der Waals surface area contributed by atoms with Crippen molar-refractivity contribution in [3.63, 3.8) is 0 Å². The molecule has 1 aliphatic heterocycles. The number of imidazole rings is 1. The van der Waals surface area contributed by atoms with Crippen molar-refractivity contribution in [2.75, 3.05) is 20.2 Å². The predicted molar refractivity (Wildman–Crippen MR) is 105 cm³/mol. The smallest absolute Gasteiger partial charge is 0.333 e. The summed E-state index contributed by atoms with van der Waals surface area (Å²) >= 11 is 0. The zero-order valence-electron chi connectivity index (χ0n) is 15.8. The minimum atomic E-state index is -0.399. The Kier molecular flexibility index (Phi) is 4.68. The Labute approximate surface area is 161 Å². The van der Waals surface area contributed by atoms with E-state index in [2.05, 4.69) is 16.8 Å². The first-order chi connectivity index (χ1) is 13.5. The predicted octanol–water partition coefficient (Wildman–Crippen LogP) is 3.06. The number of nitrogens with one attached hydrogen (secondary N) is 1. The number of halogens is 1. The topological polar surface area (TPSA) is 70.5 Å². The third kappa shape index (κ3) is 2.97. The lowest BCUT2D eigenvalue weighted by atomic mass is 9.89. The van der Waals surface area contributed by atoms with Gasteiger partial charge in [0.1, 0.15) is 11.6 Å². The van der Waals surface area contributed by atoms with Gasteiger partial charge in [0, 0.05) is 18.7 Å². The van der Waals surface area contributed by atoms with Gasteiger partial charge in [0.05, 0.1) is 19.0 Å². The molecule has 0 spiro atoms. The molecule has 0 amide bonds. The molecule has 3 aromatic rings. The Balaban J connectivity index is 1.97. The highest BCUT2D eigenvalue weighted by Crippen LogP contribution is 2.38. The number of ether oxygens (including phenoxy) is 1. The molecule has 146 valence electrons. The van der Waals surface area contributed by atoms with Gasteiger partial charge in [-0.25, -0.2) is 13.8 Å². The van der Waals surface area contributed by atoms with E-state index >= 15 is 0 Å². The molecule has 0 fully saturated rings. The van der Waals surface area contributed by atoms with E-state index in [0.29, 0.717) is 23.5 Å². The van der Waals surface area contributed by atoms with Crippen molar-refractivity contribution in [3.05, 3.63) is 64.0 Å². The van der Waals surface area contributed by atoms with Crippen LogP contribution in [0.4, 0.5) is 4.39 Å². The van der Waals surface area contributed by atoms with E-state index in [1.165, 1.54) is 22.9 Å². The summed E-state index contributed by atoms with van der Waals surface area (Å²) in [7, 11) is 1.56. The SMILES string of the molecule is CCN1CCc2c(-c3cc(F)ccc3OC)ccc(-n3c(O)c[nH]c3=O)c2C1. The molecule has 0 atom stereocenters. The van der Waals surface area contributed by atoms with Crippen LogP contribution in [0.3, 0.4) is 0 Å². The van der Waals surface area contributed by atoms with E-state index in [1.807, 2.05) is 6.07 Å². The average molecular weight is 383 g/mol. The lowest BCUT2D eigenvalue weighted by Gasteiger charge is -2.31. The van der Waals surface area contributed by atoms with E-state index < -0.39 is 5.69 Å². The van der Waals surface area contributed by atoms with E-state index in [9.17, 15) is 14.3 Å². The first-order valence-corrected chi connectivity index (χ1v) is 9.24. The summed E-state index contributed by atoms with van der Waals surface area (Å²) in [4.78, 5) is 17.0. The van der Waals surface area contributed by atoms with E-state index in [0.717, 1.165) is 36.2 Å². The highest BCUT2D eigenvalue weighted by Gasteiger charge is 2.25. The number of hydrogen-bond donors (Lipinski definition) is 2. The van der Waals surface area contributed by atoms with E-state index in [1.54, 1.807) is 19.2 Å². The standard InChI is InChI=1S/C21H22FN3O3/c1-3-24-9-8-15-14(16-10-13(22)4-7-19(16)28-2)5-6-18(17(15)12-24)25-20(26)11-23-21(25)27/h4-7,10-11,26H,3,8-9,12H2,1-2H3,(H,23,27). The lowest BCUT2D eigenvalue weighted by Crippen LogP contribution is -2.32. The fourth-order valence-corrected chi connectivity index (χ4v) is 3.93. The van der Waals surface area contributed by atoms with Crippen LogP contribution in [0.1, 0.15) is 18.1 Å². The normalized spacial score (nSPS) is 14.1. The van der Waals surface area contributed by atoms with Crippen molar-refractivity contribution in [1.82, 2.24) is 14.5 Å². The van der Waals surface area contributed by atoms with Crippen LogP contribution in [0.25, 0.3) is 16.8 Å². The van der Waals surface area contributed by atoms with Crippen molar-refractivity contribution in [2.45, 2.75) is 19.9 Å². The van der Waals surface area contributed by atoms with Crippen molar-refractivity contribution < 1.29 is 14.2 Å². The first kappa shape index (κ1) is 18.3. The summed E-state index contributed by atoms with van der Waals surface area (Å²) in [6.45, 7) is 4.47. The average Bonchev–Trinajstić information content (AvgIpc) is 3.04. The number of rotatable bonds is 4. The molecule has 28 heavy (non-hydrogen) atoms. The highest BCUT2D eigenvalue weighted by atomic mass is 19.1. The Hall–Kier alpha value is -3.06. The molecule has 0 saturated carbocycles. The van der Waals surface area contributed by atoms with Gasteiger partial charge in [-0.2, -0.15) is 0 Å². The van der Waals surface area contributed by atoms with Crippen molar-refractivity contribution in [2.24, 2.45) is 0 Å². The number of hydrogen-bond acceptors (Lipinski definition) is 4. The van der Waals surface area contributed by atoms with Crippen molar-refractivity contribution in [1.29, 1.82) is 0 Å². The monoisotopic (exact) mass is 383 g/mol. The molecule has 0 bridgehead atoms. The van der Waals surface area contributed by atoms with E-state index in [-0.39, 0.29) is 11.7 Å². The van der Waals surface area contributed by atoms with Gasteiger partial charge in [-0.3, -0.25) is 4.90 Å². The molecule has 2 aromatic carbocycles. The lowest BCUT2D eigenvalue weighted by molar-refractivity contribution is 0.268. The zero-order valence-corrected chi connectivity index (χ0v) is 15.8. The second-order valence-corrected chi connectivity index (χ2v) is 6.84. The fraction of sp³-hybridized carbons (Fsp3) is 0.286. The van der Waals surface area contributed by atoms with Crippen LogP contribution in [-0.2, 0) is 13.0 Å². The number of methoxy groups -OCH3 is 1. The molecule has 0 aliphatic carbocycles. The quantitative estimate of drug-likeness (QED) is 0.727. The number of fused-ring (bicyclic) bond motifs is 1. The Morgan fingerprint density at radius 3 is 2.71 bits per heavy atom. The van der Waals surface area contributed by atoms with Gasteiger partial charge in [0.15, 0.2) is 0 Å². The van der Waals surface area contributed by atoms with Gasteiger partial charge < -0.3 is 14.8 Å². The van der Waals surface area contributed by atoms with Gasteiger partial charge in [-0.05, 0) is 53.9 Å². The minimum absolute atomic E-state index is 0.142. The molecule has 7 heteroatoms. The number of aromatic hydroxyl groups is 1. The largest absolute Gasteiger partial charge is 0.496 e. The van der Waals surface area contributed by atoms with Gasteiger partial charge in [-0.1, -0.05) is 13.0 Å².